The number of carbonyl (C=O) groups excluding carboxylic acids is 2. The number of fused-ring (bicyclic) bond motifs is 1. The maximum atomic E-state index is 12.2. The molecule has 0 spiro atoms. The Morgan fingerprint density at radius 3 is 2.63 bits per heavy atom. The van der Waals surface area contributed by atoms with Crippen LogP contribution in [0.4, 0.5) is 23.0 Å². The summed E-state index contributed by atoms with van der Waals surface area (Å²) in [7, 11) is 2.01. The van der Waals surface area contributed by atoms with E-state index in [9.17, 15) is 9.59 Å². The topological polar surface area (TPSA) is 118 Å². The van der Waals surface area contributed by atoms with Gasteiger partial charge in [-0.1, -0.05) is 18.2 Å². The molecule has 1 saturated heterocycles. The Bertz CT molecular complexity index is 1390. The Balaban J connectivity index is 1.33. The molecule has 0 radical (unpaired) electrons. The highest BCUT2D eigenvalue weighted by atomic mass is 16.2. The van der Waals surface area contributed by atoms with Crippen LogP contribution < -0.4 is 21.3 Å². The zero-order valence-electron chi connectivity index (χ0n) is 19.5. The molecule has 178 valence electrons. The van der Waals surface area contributed by atoms with E-state index in [2.05, 4.69) is 43.4 Å². The fourth-order valence-electron chi connectivity index (χ4n) is 4.40. The second kappa shape index (κ2) is 9.46. The predicted molar refractivity (Wildman–Crippen MR) is 137 cm³/mol. The van der Waals surface area contributed by atoms with E-state index < -0.39 is 5.91 Å². The van der Waals surface area contributed by atoms with Gasteiger partial charge in [0.2, 0.25) is 5.91 Å². The minimum Gasteiger partial charge on any atom is -0.379 e. The first-order valence-electron chi connectivity index (χ1n) is 11.6. The van der Waals surface area contributed by atoms with Crippen molar-refractivity contribution < 1.29 is 9.59 Å². The van der Waals surface area contributed by atoms with Crippen LogP contribution in [-0.4, -0.2) is 32.9 Å². The quantitative estimate of drug-likeness (QED) is 0.377. The summed E-state index contributed by atoms with van der Waals surface area (Å²) in [5.41, 5.74) is 9.46. The van der Waals surface area contributed by atoms with Gasteiger partial charge in [-0.2, -0.15) is 0 Å². The Morgan fingerprint density at radius 1 is 1.06 bits per heavy atom. The van der Waals surface area contributed by atoms with E-state index in [0.717, 1.165) is 41.7 Å². The predicted octanol–water partition coefficient (Wildman–Crippen LogP) is 3.94. The lowest BCUT2D eigenvalue weighted by molar-refractivity contribution is -0.119. The second-order valence-corrected chi connectivity index (χ2v) is 8.62. The van der Waals surface area contributed by atoms with Gasteiger partial charge in [0.1, 0.15) is 11.6 Å². The van der Waals surface area contributed by atoms with E-state index in [1.165, 1.54) is 6.20 Å². The van der Waals surface area contributed by atoms with Crippen molar-refractivity contribution in [2.75, 3.05) is 22.1 Å². The van der Waals surface area contributed by atoms with Gasteiger partial charge in [0.15, 0.2) is 0 Å². The minimum atomic E-state index is -0.558. The van der Waals surface area contributed by atoms with Crippen LogP contribution in [0.15, 0.2) is 60.9 Å². The summed E-state index contributed by atoms with van der Waals surface area (Å²) in [6, 6.07) is 15.7. The first kappa shape index (κ1) is 22.4. The summed E-state index contributed by atoms with van der Waals surface area (Å²) in [5, 5.41) is 7.64. The maximum Gasteiger partial charge on any atom is 0.252 e. The zero-order valence-corrected chi connectivity index (χ0v) is 19.5. The summed E-state index contributed by atoms with van der Waals surface area (Å²) < 4.78 is 2.12. The molecule has 0 aliphatic carbocycles. The standard InChI is InChI=1S/C26H27N7O2/c1-32-19(12-17-6-2-3-7-22(17)32)15-28-21-13-24(30-16-20(21)26(27)35)31-23-10-9-18(14-29-23)33-11-5-4-8-25(33)34/h2-3,6-7,9-10,12-14,16H,4-5,8,11,15H2,1H3,(H2,27,35)(H2,28,29,30,31). The van der Waals surface area contributed by atoms with Gasteiger partial charge in [-0.05, 0) is 42.5 Å². The molecule has 2 amide bonds. The highest BCUT2D eigenvalue weighted by Gasteiger charge is 2.20. The molecule has 3 aromatic heterocycles. The molecule has 4 aromatic rings. The molecule has 4 heterocycles. The Morgan fingerprint density at radius 2 is 1.89 bits per heavy atom. The number of pyridine rings is 2. The number of hydrogen-bond donors (Lipinski definition) is 3. The number of nitrogens with zero attached hydrogens (tertiary/aromatic N) is 4. The van der Waals surface area contributed by atoms with Gasteiger partial charge in [0, 0.05) is 43.5 Å². The third-order valence-corrected chi connectivity index (χ3v) is 6.32. The lowest BCUT2D eigenvalue weighted by Crippen LogP contribution is -2.35. The highest BCUT2D eigenvalue weighted by Crippen LogP contribution is 2.25. The van der Waals surface area contributed by atoms with Crippen LogP contribution in [0.1, 0.15) is 35.3 Å². The largest absolute Gasteiger partial charge is 0.379 e. The van der Waals surface area contributed by atoms with E-state index in [4.69, 9.17) is 5.73 Å². The molecule has 9 nitrogen and oxygen atoms in total. The summed E-state index contributed by atoms with van der Waals surface area (Å²) in [6.45, 7) is 1.22. The number of anilines is 4. The zero-order chi connectivity index (χ0) is 24.4. The normalized spacial score (nSPS) is 13.7. The fourth-order valence-corrected chi connectivity index (χ4v) is 4.40. The summed E-state index contributed by atoms with van der Waals surface area (Å²) in [5.74, 6) is 0.669. The van der Waals surface area contributed by atoms with Crippen LogP contribution in [0.3, 0.4) is 0 Å². The lowest BCUT2D eigenvalue weighted by Gasteiger charge is -2.26. The Labute approximate surface area is 203 Å². The molecule has 1 aromatic carbocycles. The fraction of sp³-hybridized carbons (Fsp3) is 0.231. The number of aryl methyl sites for hydroxylation is 1. The van der Waals surface area contributed by atoms with Crippen molar-refractivity contribution in [2.24, 2.45) is 12.8 Å². The number of rotatable bonds is 7. The number of hydrogen-bond acceptors (Lipinski definition) is 6. The maximum absolute atomic E-state index is 12.2. The molecule has 0 unspecified atom stereocenters. The van der Waals surface area contributed by atoms with Crippen molar-refractivity contribution in [1.29, 1.82) is 0 Å². The molecule has 5 rings (SSSR count). The molecular formula is C26H27N7O2. The summed E-state index contributed by atoms with van der Waals surface area (Å²) >= 11 is 0. The second-order valence-electron chi connectivity index (χ2n) is 8.62. The molecule has 35 heavy (non-hydrogen) atoms. The van der Waals surface area contributed by atoms with Gasteiger partial charge in [-0.25, -0.2) is 9.97 Å². The average molecular weight is 470 g/mol. The van der Waals surface area contributed by atoms with Gasteiger partial charge in [0.25, 0.3) is 5.91 Å². The minimum absolute atomic E-state index is 0.129. The van der Waals surface area contributed by atoms with Gasteiger partial charge < -0.3 is 25.8 Å². The molecule has 0 atom stereocenters. The number of amides is 2. The van der Waals surface area contributed by atoms with E-state index >= 15 is 0 Å². The first-order valence-corrected chi connectivity index (χ1v) is 11.6. The lowest BCUT2D eigenvalue weighted by atomic mass is 10.1. The molecule has 0 bridgehead atoms. The van der Waals surface area contributed by atoms with Gasteiger partial charge in [0.05, 0.1) is 29.7 Å². The third kappa shape index (κ3) is 4.65. The van der Waals surface area contributed by atoms with Crippen LogP contribution in [0.5, 0.6) is 0 Å². The van der Waals surface area contributed by atoms with Gasteiger partial charge in [-0.15, -0.1) is 0 Å². The number of aromatic nitrogens is 3. The molecule has 1 fully saturated rings. The van der Waals surface area contributed by atoms with Crippen molar-refractivity contribution in [3.8, 4) is 0 Å². The molecule has 0 saturated carbocycles. The van der Waals surface area contributed by atoms with Crippen molar-refractivity contribution in [3.05, 3.63) is 72.2 Å². The van der Waals surface area contributed by atoms with E-state index in [1.807, 2.05) is 31.3 Å². The van der Waals surface area contributed by atoms with Gasteiger partial charge in [-0.3, -0.25) is 9.59 Å². The molecule has 1 aliphatic heterocycles. The van der Waals surface area contributed by atoms with E-state index in [-0.39, 0.29) is 5.91 Å². The summed E-state index contributed by atoms with van der Waals surface area (Å²) in [4.78, 5) is 34.7. The van der Waals surface area contributed by atoms with Crippen molar-refractivity contribution in [2.45, 2.75) is 25.8 Å². The monoisotopic (exact) mass is 469 g/mol. The molecule has 4 N–H and O–H groups in total. The van der Waals surface area contributed by atoms with E-state index in [1.54, 1.807) is 17.2 Å². The first-order chi connectivity index (χ1) is 17.0. The highest BCUT2D eigenvalue weighted by molar-refractivity contribution is 5.98. The number of para-hydroxylation sites is 1. The Hall–Kier alpha value is -4.40. The SMILES string of the molecule is Cn1c(CNc2cc(Nc3ccc(N4CCCCC4=O)cn3)ncc2C(N)=O)cc2ccccc21. The number of carbonyl (C=O) groups is 2. The van der Waals surface area contributed by atoms with Crippen LogP contribution in [0, 0.1) is 0 Å². The average Bonchev–Trinajstić information content (AvgIpc) is 3.19. The summed E-state index contributed by atoms with van der Waals surface area (Å²) in [6.07, 6.45) is 5.64. The molecule has 1 aliphatic rings. The number of nitrogens with two attached hydrogens (primary N) is 1. The number of nitrogens with one attached hydrogen (secondary N) is 2. The molecular weight excluding hydrogens is 442 g/mol. The number of benzene rings is 1. The number of piperidine rings is 1. The molecule has 9 heteroatoms. The Kier molecular flexibility index (Phi) is 6.05. The third-order valence-electron chi connectivity index (χ3n) is 6.32. The van der Waals surface area contributed by atoms with Crippen LogP contribution in [-0.2, 0) is 18.4 Å². The smallest absolute Gasteiger partial charge is 0.252 e. The van der Waals surface area contributed by atoms with Crippen LogP contribution in [0.2, 0.25) is 0 Å². The van der Waals surface area contributed by atoms with Crippen molar-refractivity contribution in [3.63, 3.8) is 0 Å². The van der Waals surface area contributed by atoms with Crippen molar-refractivity contribution in [1.82, 2.24) is 14.5 Å². The van der Waals surface area contributed by atoms with Gasteiger partial charge >= 0.3 is 0 Å². The number of primary amides is 1. The van der Waals surface area contributed by atoms with Crippen molar-refractivity contribution >= 4 is 45.7 Å². The van der Waals surface area contributed by atoms with E-state index in [0.29, 0.717) is 35.9 Å². The van der Waals surface area contributed by atoms with Crippen LogP contribution in [0.25, 0.3) is 10.9 Å². The van der Waals surface area contributed by atoms with Crippen LogP contribution >= 0.6 is 0 Å².